The van der Waals surface area contributed by atoms with Gasteiger partial charge < -0.3 is 15.2 Å². The van der Waals surface area contributed by atoms with Gasteiger partial charge in [0.2, 0.25) is 0 Å². The number of ether oxygens (including phenoxy) is 1. The van der Waals surface area contributed by atoms with Crippen molar-refractivity contribution in [1.82, 2.24) is 0 Å². The summed E-state index contributed by atoms with van der Waals surface area (Å²) in [5.74, 6) is 3.21. The van der Waals surface area contributed by atoms with Gasteiger partial charge >= 0.3 is 0 Å². The van der Waals surface area contributed by atoms with E-state index in [1.165, 1.54) is 0 Å². The number of nitrogens with one attached hydrogen (secondary N) is 1. The summed E-state index contributed by atoms with van der Waals surface area (Å²) < 4.78 is 5.32. The van der Waals surface area contributed by atoms with Gasteiger partial charge in [0, 0.05) is 12.2 Å². The fourth-order valence-electron chi connectivity index (χ4n) is 1.81. The van der Waals surface area contributed by atoms with E-state index in [9.17, 15) is 0 Å². The molecule has 0 spiro atoms. The highest BCUT2D eigenvalue weighted by Crippen LogP contribution is 2.15. The van der Waals surface area contributed by atoms with Crippen LogP contribution in [-0.2, 0) is 13.2 Å². The van der Waals surface area contributed by atoms with Gasteiger partial charge in [0.15, 0.2) is 0 Å². The topological polar surface area (TPSA) is 41.5 Å². The molecule has 102 valence electrons. The van der Waals surface area contributed by atoms with Crippen LogP contribution in [0, 0.1) is 12.3 Å². The Kier molecular flexibility index (Phi) is 5.05. The molecular formula is C17H17NO2. The van der Waals surface area contributed by atoms with Crippen molar-refractivity contribution in [3.05, 3.63) is 59.7 Å². The number of aliphatic hydroxyl groups excluding tert-OH is 1. The second-order valence-electron chi connectivity index (χ2n) is 4.35. The number of aliphatic hydroxyl groups is 1. The third-order valence-corrected chi connectivity index (χ3v) is 2.85. The molecule has 0 saturated heterocycles. The van der Waals surface area contributed by atoms with Crippen molar-refractivity contribution < 1.29 is 9.84 Å². The predicted molar refractivity (Wildman–Crippen MR) is 80.5 cm³/mol. The van der Waals surface area contributed by atoms with E-state index in [-0.39, 0.29) is 13.2 Å². The maximum absolute atomic E-state index is 9.09. The highest BCUT2D eigenvalue weighted by molar-refractivity contribution is 5.46. The molecule has 2 rings (SSSR count). The zero-order valence-corrected chi connectivity index (χ0v) is 11.2. The first-order chi connectivity index (χ1) is 9.81. The van der Waals surface area contributed by atoms with Crippen LogP contribution >= 0.6 is 0 Å². The highest BCUT2D eigenvalue weighted by atomic mass is 16.5. The molecule has 0 aliphatic carbocycles. The third kappa shape index (κ3) is 4.04. The Morgan fingerprint density at radius 1 is 1.10 bits per heavy atom. The van der Waals surface area contributed by atoms with Crippen molar-refractivity contribution in [1.29, 1.82) is 0 Å². The van der Waals surface area contributed by atoms with Gasteiger partial charge in [-0.05, 0) is 35.4 Å². The van der Waals surface area contributed by atoms with Crippen LogP contribution in [0.15, 0.2) is 48.5 Å². The third-order valence-electron chi connectivity index (χ3n) is 2.85. The molecule has 20 heavy (non-hydrogen) atoms. The van der Waals surface area contributed by atoms with Crippen LogP contribution in [0.2, 0.25) is 0 Å². The van der Waals surface area contributed by atoms with Crippen LogP contribution in [0.3, 0.4) is 0 Å². The summed E-state index contributed by atoms with van der Waals surface area (Å²) in [7, 11) is 0. The summed E-state index contributed by atoms with van der Waals surface area (Å²) in [6.07, 6.45) is 5.14. The van der Waals surface area contributed by atoms with Crippen molar-refractivity contribution in [2.24, 2.45) is 0 Å². The van der Waals surface area contributed by atoms with Gasteiger partial charge in [-0.15, -0.1) is 6.42 Å². The van der Waals surface area contributed by atoms with Crippen molar-refractivity contribution in [2.75, 3.05) is 11.9 Å². The van der Waals surface area contributed by atoms with Crippen LogP contribution in [0.25, 0.3) is 0 Å². The van der Waals surface area contributed by atoms with Gasteiger partial charge in [0.1, 0.15) is 12.4 Å². The van der Waals surface area contributed by atoms with Crippen LogP contribution in [0.4, 0.5) is 5.69 Å². The molecule has 3 heteroatoms. The highest BCUT2D eigenvalue weighted by Gasteiger charge is 1.97. The maximum atomic E-state index is 9.09. The van der Waals surface area contributed by atoms with Crippen LogP contribution < -0.4 is 10.1 Å². The molecule has 2 aromatic rings. The lowest BCUT2D eigenvalue weighted by atomic mass is 10.2. The van der Waals surface area contributed by atoms with Crippen molar-refractivity contribution in [3.63, 3.8) is 0 Å². The Bertz CT molecular complexity index is 585. The summed E-state index contributed by atoms with van der Waals surface area (Å²) in [5.41, 5.74) is 3.03. The molecule has 2 N–H and O–H groups in total. The minimum atomic E-state index is 0.0523. The average molecular weight is 267 g/mol. The maximum Gasteiger partial charge on any atom is 0.148 e. The fourth-order valence-corrected chi connectivity index (χ4v) is 1.81. The number of benzene rings is 2. The van der Waals surface area contributed by atoms with Gasteiger partial charge in [0.25, 0.3) is 0 Å². The molecule has 0 aliphatic rings. The molecule has 2 aromatic carbocycles. The molecule has 0 fully saturated rings. The molecule has 0 amide bonds. The zero-order chi connectivity index (χ0) is 14.2. The van der Waals surface area contributed by atoms with Crippen LogP contribution in [0.5, 0.6) is 5.75 Å². The van der Waals surface area contributed by atoms with Crippen LogP contribution in [-0.4, -0.2) is 11.7 Å². The second kappa shape index (κ2) is 7.22. The lowest BCUT2D eigenvalue weighted by molar-refractivity contribution is 0.282. The summed E-state index contributed by atoms with van der Waals surface area (Å²) in [4.78, 5) is 0. The molecule has 0 atom stereocenters. The monoisotopic (exact) mass is 267 g/mol. The SMILES string of the molecule is C#CCOc1ccc(CNc2cccc(CO)c2)cc1. The normalized spacial score (nSPS) is 9.80. The first-order valence-corrected chi connectivity index (χ1v) is 6.40. The Labute approximate surface area is 119 Å². The van der Waals surface area contributed by atoms with Crippen LogP contribution in [0.1, 0.15) is 11.1 Å². The quantitative estimate of drug-likeness (QED) is 0.791. The van der Waals surface area contributed by atoms with Crippen molar-refractivity contribution in [2.45, 2.75) is 13.2 Å². The average Bonchev–Trinajstić information content (AvgIpc) is 2.52. The lowest BCUT2D eigenvalue weighted by Gasteiger charge is -2.08. The van der Waals surface area contributed by atoms with Gasteiger partial charge in [-0.2, -0.15) is 0 Å². The zero-order valence-electron chi connectivity index (χ0n) is 11.2. The Morgan fingerprint density at radius 2 is 1.90 bits per heavy atom. The van der Waals surface area contributed by atoms with E-state index in [0.717, 1.165) is 22.6 Å². The standard InChI is InChI=1S/C17H17NO2/c1-2-10-20-17-8-6-14(7-9-17)12-18-16-5-3-4-15(11-16)13-19/h1,3-9,11,18-19H,10,12-13H2. The van der Waals surface area contributed by atoms with E-state index in [2.05, 4.69) is 11.2 Å². The van der Waals surface area contributed by atoms with E-state index in [1.807, 2.05) is 48.5 Å². The van der Waals surface area contributed by atoms with E-state index in [1.54, 1.807) is 0 Å². The van der Waals surface area contributed by atoms with Gasteiger partial charge in [-0.3, -0.25) is 0 Å². The Balaban J connectivity index is 1.91. The molecule has 0 heterocycles. The first kappa shape index (κ1) is 14.0. The largest absolute Gasteiger partial charge is 0.481 e. The summed E-state index contributed by atoms with van der Waals surface area (Å²) in [5, 5.41) is 12.4. The minimum Gasteiger partial charge on any atom is -0.481 e. The van der Waals surface area contributed by atoms with Gasteiger partial charge in [-0.1, -0.05) is 30.2 Å². The molecule has 0 saturated carbocycles. The molecule has 0 radical (unpaired) electrons. The summed E-state index contributed by atoms with van der Waals surface area (Å²) in [6, 6.07) is 15.5. The fraction of sp³-hybridized carbons (Fsp3) is 0.176. The Morgan fingerprint density at radius 3 is 2.60 bits per heavy atom. The van der Waals surface area contributed by atoms with E-state index < -0.39 is 0 Å². The molecule has 0 aliphatic heterocycles. The Hall–Kier alpha value is -2.44. The number of hydrogen-bond donors (Lipinski definition) is 2. The number of rotatable bonds is 6. The van der Waals surface area contributed by atoms with E-state index in [0.29, 0.717) is 6.54 Å². The number of anilines is 1. The van der Waals surface area contributed by atoms with E-state index in [4.69, 9.17) is 16.3 Å². The van der Waals surface area contributed by atoms with Gasteiger partial charge in [-0.25, -0.2) is 0 Å². The predicted octanol–water partition coefficient (Wildman–Crippen LogP) is 2.80. The number of hydrogen-bond acceptors (Lipinski definition) is 3. The van der Waals surface area contributed by atoms with E-state index >= 15 is 0 Å². The summed E-state index contributed by atoms with van der Waals surface area (Å²) >= 11 is 0. The molecule has 0 aromatic heterocycles. The lowest BCUT2D eigenvalue weighted by Crippen LogP contribution is -2.00. The van der Waals surface area contributed by atoms with Crippen molar-refractivity contribution >= 4 is 5.69 Å². The van der Waals surface area contributed by atoms with Gasteiger partial charge in [0.05, 0.1) is 6.61 Å². The minimum absolute atomic E-state index is 0.0523. The second-order valence-corrected chi connectivity index (χ2v) is 4.35. The molecule has 0 unspecified atom stereocenters. The first-order valence-electron chi connectivity index (χ1n) is 6.40. The smallest absolute Gasteiger partial charge is 0.148 e. The van der Waals surface area contributed by atoms with Crippen molar-refractivity contribution in [3.8, 4) is 18.1 Å². The molecule has 0 bridgehead atoms. The summed E-state index contributed by atoms with van der Waals surface area (Å²) in [6.45, 7) is 1.05. The molecular weight excluding hydrogens is 250 g/mol. The molecule has 3 nitrogen and oxygen atoms in total. The number of terminal acetylenes is 1.